The summed E-state index contributed by atoms with van der Waals surface area (Å²) < 4.78 is 12.6. The van der Waals surface area contributed by atoms with Crippen molar-refractivity contribution in [2.45, 2.75) is 71.5 Å². The fourth-order valence-electron chi connectivity index (χ4n) is 3.94. The molecule has 0 amide bonds. The molecule has 2 fully saturated rings. The van der Waals surface area contributed by atoms with Crippen molar-refractivity contribution in [1.29, 1.82) is 0 Å². The average molecular weight is 397 g/mol. The highest BCUT2D eigenvalue weighted by atomic mass is 16.7. The molecule has 0 unspecified atom stereocenters. The van der Waals surface area contributed by atoms with Crippen LogP contribution >= 0.6 is 0 Å². The van der Waals surface area contributed by atoms with Crippen LogP contribution in [0.25, 0.3) is 0 Å². The van der Waals surface area contributed by atoms with E-state index in [1.807, 2.05) is 6.07 Å². The van der Waals surface area contributed by atoms with Crippen molar-refractivity contribution >= 4 is 11.5 Å². The van der Waals surface area contributed by atoms with Gasteiger partial charge in [-0.15, -0.1) is 0 Å². The molecule has 158 valence electrons. The van der Waals surface area contributed by atoms with Gasteiger partial charge in [0.15, 0.2) is 0 Å². The van der Waals surface area contributed by atoms with Gasteiger partial charge in [0.2, 0.25) is 5.79 Å². The van der Waals surface area contributed by atoms with E-state index in [4.69, 9.17) is 20.2 Å². The van der Waals surface area contributed by atoms with Crippen molar-refractivity contribution < 1.29 is 9.47 Å². The maximum Gasteiger partial charge on any atom is 0.222 e. The average Bonchev–Trinajstić information content (AvgIpc) is 2.67. The van der Waals surface area contributed by atoms with Gasteiger partial charge in [0.1, 0.15) is 5.84 Å². The Morgan fingerprint density at radius 1 is 1.28 bits per heavy atom. The number of hydrogen-bond acceptors (Lipinski definition) is 3. The number of unbranched alkanes of at least 4 members (excludes halogenated alkanes) is 1. The van der Waals surface area contributed by atoms with E-state index in [0.29, 0.717) is 19.1 Å². The number of hydrogen-bond donors (Lipinski definition) is 1. The first-order valence-corrected chi connectivity index (χ1v) is 11.1. The Morgan fingerprint density at radius 2 is 2.00 bits per heavy atom. The van der Waals surface area contributed by atoms with Crippen molar-refractivity contribution in [2.75, 3.05) is 13.2 Å². The van der Waals surface area contributed by atoms with Crippen molar-refractivity contribution in [3.63, 3.8) is 0 Å². The molecule has 1 saturated carbocycles. The molecule has 0 radical (unpaired) electrons. The third-order valence-corrected chi connectivity index (χ3v) is 6.02. The lowest BCUT2D eigenvalue weighted by molar-refractivity contribution is -0.250. The molecule has 3 rings (SSSR count). The molecule has 0 aromatic heterocycles. The van der Waals surface area contributed by atoms with Crippen LogP contribution in [0.15, 0.2) is 47.0 Å². The number of aliphatic imine (C=N–C) groups is 1. The predicted molar refractivity (Wildman–Crippen MR) is 120 cm³/mol. The van der Waals surface area contributed by atoms with E-state index in [9.17, 15) is 0 Å². The maximum atomic E-state index is 6.29. The summed E-state index contributed by atoms with van der Waals surface area (Å²) in [6.07, 6.45) is 9.97. The minimum absolute atomic E-state index is 0.426. The Bertz CT molecular complexity index is 784. The summed E-state index contributed by atoms with van der Waals surface area (Å²) in [7, 11) is 0. The maximum absolute atomic E-state index is 6.29. The van der Waals surface area contributed by atoms with Crippen LogP contribution in [-0.2, 0) is 15.3 Å². The topological polar surface area (TPSA) is 56.8 Å². The van der Waals surface area contributed by atoms with Gasteiger partial charge in [0.05, 0.1) is 18.9 Å². The molecule has 0 bridgehead atoms. The monoisotopic (exact) mass is 396 g/mol. The van der Waals surface area contributed by atoms with Gasteiger partial charge in [0, 0.05) is 17.1 Å². The molecule has 2 aliphatic rings. The molecular formula is C25H36N2O2. The van der Waals surface area contributed by atoms with E-state index in [1.54, 1.807) is 0 Å². The number of rotatable bonds is 8. The van der Waals surface area contributed by atoms with Gasteiger partial charge in [0.25, 0.3) is 0 Å². The van der Waals surface area contributed by atoms with Crippen molar-refractivity contribution in [3.8, 4) is 0 Å². The number of allylic oxidation sites excluding steroid dienone is 1. The zero-order chi connectivity index (χ0) is 20.9. The summed E-state index contributed by atoms with van der Waals surface area (Å²) in [6, 6.07) is 6.16. The van der Waals surface area contributed by atoms with E-state index < -0.39 is 5.79 Å². The van der Waals surface area contributed by atoms with Gasteiger partial charge in [-0.3, -0.25) is 0 Å². The number of ether oxygens (including phenoxy) is 2. The number of nitrogens with two attached hydrogens (primary N) is 1. The molecule has 4 nitrogen and oxygen atoms in total. The smallest absolute Gasteiger partial charge is 0.222 e. The van der Waals surface area contributed by atoms with Crippen molar-refractivity contribution in [3.05, 3.63) is 53.1 Å². The van der Waals surface area contributed by atoms with Gasteiger partial charge >= 0.3 is 0 Å². The number of benzene rings is 1. The summed E-state index contributed by atoms with van der Waals surface area (Å²) >= 11 is 0. The highest BCUT2D eigenvalue weighted by Gasteiger charge is 2.40. The fraction of sp³-hybridized carbons (Fsp3) is 0.560. The van der Waals surface area contributed by atoms with E-state index in [1.165, 1.54) is 24.8 Å². The number of aryl methyl sites for hydroxylation is 1. The first kappa shape index (κ1) is 21.8. The minimum atomic E-state index is -0.952. The molecular weight excluding hydrogens is 360 g/mol. The third-order valence-electron chi connectivity index (χ3n) is 6.02. The standard InChI is InChI=1S/C25H36N2O2/c1-5-6-9-18(2)16-20(4)25(28-14-8-15-29-25)23-17-22(13-12-19(23)3)27-24(26)21-10-7-11-21/h12-13,16-17,21H,4-11,14-15H2,1-3H3,(H2,26,27). The molecule has 1 saturated heterocycles. The van der Waals surface area contributed by atoms with Gasteiger partial charge in [-0.2, -0.15) is 0 Å². The molecule has 2 N–H and O–H groups in total. The van der Waals surface area contributed by atoms with Crippen molar-refractivity contribution in [1.82, 2.24) is 0 Å². The number of amidine groups is 1. The molecule has 1 aromatic carbocycles. The van der Waals surface area contributed by atoms with E-state index >= 15 is 0 Å². The molecule has 1 heterocycles. The number of nitrogens with zero attached hydrogens (tertiary/aromatic N) is 1. The highest BCUT2D eigenvalue weighted by molar-refractivity contribution is 5.86. The molecule has 1 aliphatic heterocycles. The molecule has 1 aliphatic carbocycles. The van der Waals surface area contributed by atoms with Crippen LogP contribution in [0.4, 0.5) is 5.69 Å². The summed E-state index contributed by atoms with van der Waals surface area (Å²) in [5.74, 6) is 0.210. The molecule has 29 heavy (non-hydrogen) atoms. The lowest BCUT2D eigenvalue weighted by Gasteiger charge is -2.39. The normalized spacial score (nSPS) is 20.4. The summed E-state index contributed by atoms with van der Waals surface area (Å²) in [4.78, 5) is 4.71. The summed E-state index contributed by atoms with van der Waals surface area (Å²) in [5.41, 5.74) is 11.3. The van der Waals surface area contributed by atoms with Crippen LogP contribution in [0.3, 0.4) is 0 Å². The predicted octanol–water partition coefficient (Wildman–Crippen LogP) is 6.07. The lowest BCUT2D eigenvalue weighted by Crippen LogP contribution is -2.39. The Balaban J connectivity index is 1.95. The minimum Gasteiger partial charge on any atom is -0.387 e. The zero-order valence-electron chi connectivity index (χ0n) is 18.3. The molecule has 0 atom stereocenters. The van der Waals surface area contributed by atoms with E-state index in [2.05, 4.69) is 45.6 Å². The van der Waals surface area contributed by atoms with Crippen molar-refractivity contribution in [2.24, 2.45) is 16.6 Å². The SMILES string of the molecule is C=C(C=C(C)CCCC)C1(c2cc(N=C(N)C3CCC3)ccc2C)OCCCO1. The zero-order valence-corrected chi connectivity index (χ0v) is 18.3. The van der Waals surface area contributed by atoms with E-state index in [-0.39, 0.29) is 0 Å². The van der Waals surface area contributed by atoms with Crippen LogP contribution in [-0.4, -0.2) is 19.0 Å². The Kier molecular flexibility index (Phi) is 7.31. The van der Waals surface area contributed by atoms with E-state index in [0.717, 1.165) is 53.9 Å². The van der Waals surface area contributed by atoms with Gasteiger partial charge in [-0.05, 0) is 63.6 Å². The molecule has 1 aromatic rings. The summed E-state index contributed by atoms with van der Waals surface area (Å²) in [6.45, 7) is 12.1. The highest BCUT2D eigenvalue weighted by Crippen LogP contribution is 2.41. The second kappa shape index (κ2) is 9.73. The fourth-order valence-corrected chi connectivity index (χ4v) is 3.94. The van der Waals surface area contributed by atoms with Crippen LogP contribution in [0.2, 0.25) is 0 Å². The second-order valence-corrected chi connectivity index (χ2v) is 8.45. The largest absolute Gasteiger partial charge is 0.387 e. The van der Waals surface area contributed by atoms with Gasteiger partial charge in [-0.1, -0.05) is 44.1 Å². The quantitative estimate of drug-likeness (QED) is 0.330. The van der Waals surface area contributed by atoms with Crippen LogP contribution in [0, 0.1) is 12.8 Å². The Hall–Kier alpha value is -1.91. The Morgan fingerprint density at radius 3 is 2.62 bits per heavy atom. The third kappa shape index (κ3) is 4.99. The second-order valence-electron chi connectivity index (χ2n) is 8.45. The van der Waals surface area contributed by atoms with Crippen LogP contribution in [0.5, 0.6) is 0 Å². The molecule has 0 spiro atoms. The lowest BCUT2D eigenvalue weighted by atomic mass is 9.84. The summed E-state index contributed by atoms with van der Waals surface area (Å²) in [5, 5.41) is 0. The first-order chi connectivity index (χ1) is 14.0. The van der Waals surface area contributed by atoms with Gasteiger partial charge < -0.3 is 15.2 Å². The van der Waals surface area contributed by atoms with Crippen LogP contribution in [0.1, 0.15) is 69.9 Å². The van der Waals surface area contributed by atoms with Crippen LogP contribution < -0.4 is 5.73 Å². The molecule has 4 heteroatoms. The Labute approximate surface area is 175 Å². The van der Waals surface area contributed by atoms with Gasteiger partial charge in [-0.25, -0.2) is 4.99 Å². The first-order valence-electron chi connectivity index (χ1n) is 11.1.